The van der Waals surface area contributed by atoms with Crippen molar-refractivity contribution in [2.24, 2.45) is 0 Å². The highest BCUT2D eigenvalue weighted by Crippen LogP contribution is 2.51. The zero-order valence-corrected chi connectivity index (χ0v) is 15.2. The summed E-state index contributed by atoms with van der Waals surface area (Å²) in [6.07, 6.45) is 0. The molecule has 0 saturated heterocycles. The average Bonchev–Trinajstić information content (AvgIpc) is 2.72. The third kappa shape index (κ3) is 2.56. The first kappa shape index (κ1) is 17.0. The van der Waals surface area contributed by atoms with Crippen LogP contribution in [0.1, 0.15) is 28.2 Å². The molecule has 5 N–H and O–H groups in total. The van der Waals surface area contributed by atoms with Gasteiger partial charge >= 0.3 is 0 Å². The number of phenolic OH excluding ortho intramolecular Hbond substituents is 1. The highest BCUT2D eigenvalue weighted by Gasteiger charge is 2.34. The number of benzene rings is 2. The SMILES string of the molecule is N#Cc1c(N)nc2c(c1N)[C@@H](c1ccc3c(c1)OCCO3)c1ccc(O)cc1O2. The summed E-state index contributed by atoms with van der Waals surface area (Å²) in [7, 11) is 0. The number of phenols is 1. The zero-order chi connectivity index (χ0) is 20.1. The molecule has 0 saturated carbocycles. The van der Waals surface area contributed by atoms with Crippen molar-refractivity contribution in [1.82, 2.24) is 4.98 Å². The monoisotopic (exact) mass is 388 g/mol. The minimum Gasteiger partial charge on any atom is -0.508 e. The van der Waals surface area contributed by atoms with Crippen LogP contribution in [0.2, 0.25) is 0 Å². The largest absolute Gasteiger partial charge is 0.508 e. The van der Waals surface area contributed by atoms with Crippen LogP contribution in [0.4, 0.5) is 11.5 Å². The molecule has 3 aromatic rings. The zero-order valence-electron chi connectivity index (χ0n) is 15.2. The molecule has 0 aliphatic carbocycles. The third-order valence-electron chi connectivity index (χ3n) is 5.08. The van der Waals surface area contributed by atoms with Crippen molar-refractivity contribution in [3.05, 3.63) is 58.7 Å². The van der Waals surface area contributed by atoms with E-state index in [9.17, 15) is 10.4 Å². The first-order valence-electron chi connectivity index (χ1n) is 8.96. The maximum Gasteiger partial charge on any atom is 0.227 e. The molecular formula is C21H16N4O4. The molecule has 2 aromatic carbocycles. The number of hydrogen-bond donors (Lipinski definition) is 3. The summed E-state index contributed by atoms with van der Waals surface area (Å²) >= 11 is 0. The first-order chi connectivity index (χ1) is 14.1. The van der Waals surface area contributed by atoms with Crippen LogP contribution in [0.15, 0.2) is 36.4 Å². The van der Waals surface area contributed by atoms with E-state index >= 15 is 0 Å². The van der Waals surface area contributed by atoms with Gasteiger partial charge in [0.05, 0.1) is 11.3 Å². The second-order valence-electron chi connectivity index (χ2n) is 6.78. The van der Waals surface area contributed by atoms with E-state index in [0.717, 1.165) is 11.1 Å². The van der Waals surface area contributed by atoms with Crippen molar-refractivity contribution in [3.8, 4) is 34.9 Å². The van der Waals surface area contributed by atoms with Crippen LogP contribution in [0.5, 0.6) is 28.9 Å². The molecule has 1 aromatic heterocycles. The quantitative estimate of drug-likeness (QED) is 0.453. The maximum atomic E-state index is 9.91. The van der Waals surface area contributed by atoms with E-state index in [4.69, 9.17) is 25.7 Å². The van der Waals surface area contributed by atoms with Gasteiger partial charge in [0.15, 0.2) is 11.5 Å². The van der Waals surface area contributed by atoms with Gasteiger partial charge in [-0.25, -0.2) is 0 Å². The number of ether oxygens (including phenoxy) is 3. The second-order valence-corrected chi connectivity index (χ2v) is 6.78. The standard InChI is InChI=1S/C21H16N4O4/c22-9-13-19(23)18-17(10-1-4-14-16(7-10)28-6-5-27-14)12-3-2-11(26)8-15(12)29-21(18)25-20(13)24/h1-4,7-8,17,26H,5-6H2,(H4,23,24,25)/t17-/m0/s1. The highest BCUT2D eigenvalue weighted by molar-refractivity contribution is 5.75. The molecule has 144 valence electrons. The molecule has 2 aliphatic rings. The Kier molecular flexibility index (Phi) is 3.64. The van der Waals surface area contributed by atoms with E-state index in [2.05, 4.69) is 4.98 Å². The number of nitrogen functional groups attached to an aromatic ring is 2. The molecule has 0 radical (unpaired) electrons. The van der Waals surface area contributed by atoms with Crippen LogP contribution < -0.4 is 25.7 Å². The van der Waals surface area contributed by atoms with Crippen molar-refractivity contribution in [3.63, 3.8) is 0 Å². The molecule has 0 bridgehead atoms. The molecule has 5 rings (SSSR count). The summed E-state index contributed by atoms with van der Waals surface area (Å²) in [4.78, 5) is 4.25. The van der Waals surface area contributed by atoms with E-state index in [1.54, 1.807) is 12.1 Å². The number of hydrogen-bond acceptors (Lipinski definition) is 8. The van der Waals surface area contributed by atoms with E-state index in [-0.39, 0.29) is 28.7 Å². The van der Waals surface area contributed by atoms with Crippen LogP contribution in [0, 0.1) is 11.3 Å². The van der Waals surface area contributed by atoms with Crippen molar-refractivity contribution in [2.45, 2.75) is 5.92 Å². The number of nitriles is 1. The van der Waals surface area contributed by atoms with Crippen LogP contribution in [-0.2, 0) is 0 Å². The molecular weight excluding hydrogens is 372 g/mol. The van der Waals surface area contributed by atoms with Gasteiger partial charge in [-0.05, 0) is 23.8 Å². The summed E-state index contributed by atoms with van der Waals surface area (Å²) in [6.45, 7) is 0.959. The molecule has 2 aliphatic heterocycles. The van der Waals surface area contributed by atoms with Gasteiger partial charge in [0.2, 0.25) is 5.88 Å². The highest BCUT2D eigenvalue weighted by atomic mass is 16.6. The van der Waals surface area contributed by atoms with E-state index < -0.39 is 5.92 Å². The Bertz CT molecular complexity index is 1200. The molecule has 1 atom stereocenters. The molecule has 0 amide bonds. The fraction of sp³-hybridized carbons (Fsp3) is 0.143. The van der Waals surface area contributed by atoms with Crippen LogP contribution >= 0.6 is 0 Å². The molecule has 29 heavy (non-hydrogen) atoms. The lowest BCUT2D eigenvalue weighted by Crippen LogP contribution is -2.18. The number of fused-ring (bicyclic) bond motifs is 3. The minimum absolute atomic E-state index is 0.00622. The Morgan fingerprint density at radius 2 is 1.83 bits per heavy atom. The summed E-state index contributed by atoms with van der Waals surface area (Å²) in [5.74, 6) is 1.59. The molecule has 8 nitrogen and oxygen atoms in total. The molecule has 0 spiro atoms. The van der Waals surface area contributed by atoms with Gasteiger partial charge in [0.25, 0.3) is 0 Å². The van der Waals surface area contributed by atoms with E-state index in [1.807, 2.05) is 24.3 Å². The molecule has 0 fully saturated rings. The van der Waals surface area contributed by atoms with Crippen LogP contribution in [-0.4, -0.2) is 23.3 Å². The number of nitrogens with two attached hydrogens (primary N) is 2. The lowest BCUT2D eigenvalue weighted by atomic mass is 9.82. The Balaban J connectivity index is 1.78. The van der Waals surface area contributed by atoms with E-state index in [0.29, 0.717) is 36.0 Å². The van der Waals surface area contributed by atoms with Crippen LogP contribution in [0.3, 0.4) is 0 Å². The second kappa shape index (κ2) is 6.21. The van der Waals surface area contributed by atoms with Gasteiger partial charge in [0.1, 0.15) is 42.2 Å². The lowest BCUT2D eigenvalue weighted by Gasteiger charge is -2.30. The molecule has 3 heterocycles. The predicted octanol–water partition coefficient (Wildman–Crippen LogP) is 2.88. The fourth-order valence-corrected chi connectivity index (χ4v) is 3.78. The van der Waals surface area contributed by atoms with Crippen molar-refractivity contribution in [1.29, 1.82) is 5.26 Å². The van der Waals surface area contributed by atoms with Gasteiger partial charge < -0.3 is 30.8 Å². The fourth-order valence-electron chi connectivity index (χ4n) is 3.78. The average molecular weight is 388 g/mol. The van der Waals surface area contributed by atoms with Gasteiger partial charge in [-0.3, -0.25) is 0 Å². The van der Waals surface area contributed by atoms with Gasteiger partial charge in [-0.15, -0.1) is 0 Å². The Morgan fingerprint density at radius 3 is 2.62 bits per heavy atom. The van der Waals surface area contributed by atoms with E-state index in [1.165, 1.54) is 6.07 Å². The Morgan fingerprint density at radius 1 is 1.03 bits per heavy atom. The summed E-state index contributed by atoms with van der Waals surface area (Å²) in [5.41, 5.74) is 14.7. The predicted molar refractivity (Wildman–Crippen MR) is 104 cm³/mol. The molecule has 0 unspecified atom stereocenters. The summed E-state index contributed by atoms with van der Waals surface area (Å²) in [5, 5.41) is 19.4. The number of aromatic nitrogens is 1. The molecule has 8 heteroatoms. The Hall–Kier alpha value is -4.12. The van der Waals surface area contributed by atoms with Gasteiger partial charge in [-0.2, -0.15) is 10.2 Å². The summed E-state index contributed by atoms with van der Waals surface area (Å²) in [6, 6.07) is 12.5. The van der Waals surface area contributed by atoms with Crippen LogP contribution in [0.25, 0.3) is 0 Å². The number of rotatable bonds is 1. The normalized spacial score (nSPS) is 16.2. The number of aromatic hydroxyl groups is 1. The Labute approximate surface area is 165 Å². The summed E-state index contributed by atoms with van der Waals surface area (Å²) < 4.78 is 17.2. The third-order valence-corrected chi connectivity index (χ3v) is 5.08. The lowest BCUT2D eigenvalue weighted by molar-refractivity contribution is 0.171. The number of pyridine rings is 1. The minimum atomic E-state index is -0.398. The van der Waals surface area contributed by atoms with Gasteiger partial charge in [-0.1, -0.05) is 12.1 Å². The van der Waals surface area contributed by atoms with Crippen molar-refractivity contribution >= 4 is 11.5 Å². The number of nitrogens with zero attached hydrogens (tertiary/aromatic N) is 2. The number of anilines is 2. The maximum absolute atomic E-state index is 9.91. The smallest absolute Gasteiger partial charge is 0.227 e. The van der Waals surface area contributed by atoms with Gasteiger partial charge in [0, 0.05) is 17.5 Å². The first-order valence-corrected chi connectivity index (χ1v) is 8.96. The topological polar surface area (TPSA) is 137 Å². The van der Waals surface area contributed by atoms with Crippen molar-refractivity contribution in [2.75, 3.05) is 24.7 Å². The van der Waals surface area contributed by atoms with Crippen molar-refractivity contribution < 1.29 is 19.3 Å².